The first-order valence-corrected chi connectivity index (χ1v) is 9.05. The summed E-state index contributed by atoms with van der Waals surface area (Å²) in [6.07, 6.45) is -0.871. The molecule has 3 heterocycles. The van der Waals surface area contributed by atoms with Crippen LogP contribution in [0.2, 0.25) is 5.02 Å². The predicted molar refractivity (Wildman–Crippen MR) is 93.6 cm³/mol. The quantitative estimate of drug-likeness (QED) is 0.555. The summed E-state index contributed by atoms with van der Waals surface area (Å²) in [5.41, 5.74) is -1.09. The van der Waals surface area contributed by atoms with Crippen LogP contribution in [-0.4, -0.2) is 44.2 Å². The van der Waals surface area contributed by atoms with E-state index in [0.717, 1.165) is 4.68 Å². The maximum absolute atomic E-state index is 14.9. The first kappa shape index (κ1) is 19.6. The number of carbonyl (C=O) groups excluding carboxylic acids is 2. The van der Waals surface area contributed by atoms with Gasteiger partial charge < -0.3 is 9.69 Å². The van der Waals surface area contributed by atoms with Crippen LogP contribution in [-0.2, 0) is 15.8 Å². The number of hydrogen-bond acceptors (Lipinski definition) is 4. The summed E-state index contributed by atoms with van der Waals surface area (Å²) in [6, 6.07) is 1.68. The van der Waals surface area contributed by atoms with Crippen molar-refractivity contribution >= 4 is 29.4 Å². The minimum absolute atomic E-state index is 0.0210. The molecule has 1 aromatic carbocycles. The first-order chi connectivity index (χ1) is 13.7. The van der Waals surface area contributed by atoms with Crippen LogP contribution in [0.1, 0.15) is 30.5 Å². The van der Waals surface area contributed by atoms with Crippen LogP contribution in [0.25, 0.3) is 11.3 Å². The monoisotopic (exact) mass is 428 g/mol. The lowest BCUT2D eigenvalue weighted by Crippen LogP contribution is -2.43. The third-order valence-electron chi connectivity index (χ3n) is 5.14. The highest BCUT2D eigenvalue weighted by atomic mass is 35.5. The molecule has 0 bridgehead atoms. The molecule has 0 N–H and O–H groups in total. The fraction of sp³-hybridized carbons (Fsp3) is 0.333. The van der Waals surface area contributed by atoms with E-state index in [2.05, 4.69) is 10.3 Å². The molecule has 2 aliphatic rings. The van der Waals surface area contributed by atoms with Crippen molar-refractivity contribution in [2.24, 2.45) is 0 Å². The van der Waals surface area contributed by atoms with E-state index in [1.165, 1.54) is 23.1 Å². The maximum atomic E-state index is 14.9. The smallest absolute Gasteiger partial charge is 0.326 e. The molecule has 0 radical (unpaired) electrons. The van der Waals surface area contributed by atoms with Crippen molar-refractivity contribution < 1.29 is 27.2 Å². The Morgan fingerprint density at radius 1 is 1.24 bits per heavy atom. The van der Waals surface area contributed by atoms with Gasteiger partial charge in [0.15, 0.2) is 11.5 Å². The van der Waals surface area contributed by atoms with Crippen LogP contribution in [0.5, 0.6) is 0 Å². The minimum atomic E-state index is -4.71. The molecule has 4 rings (SSSR count). The highest BCUT2D eigenvalue weighted by molar-refractivity contribution is 6.31. The van der Waals surface area contributed by atoms with Gasteiger partial charge in [-0.2, -0.15) is 13.2 Å². The van der Waals surface area contributed by atoms with E-state index in [-0.39, 0.29) is 34.3 Å². The van der Waals surface area contributed by atoms with Crippen LogP contribution in [0, 0.1) is 5.82 Å². The van der Waals surface area contributed by atoms with Crippen molar-refractivity contribution in [3.63, 3.8) is 0 Å². The van der Waals surface area contributed by atoms with Gasteiger partial charge in [0.1, 0.15) is 6.29 Å². The Balaban J connectivity index is 1.81. The Morgan fingerprint density at radius 2 is 2.00 bits per heavy atom. The number of fused-ring (bicyclic) bond motifs is 1. The molecular weight excluding hydrogens is 416 g/mol. The second kappa shape index (κ2) is 6.94. The fourth-order valence-electron chi connectivity index (χ4n) is 3.85. The molecule has 0 aliphatic carbocycles. The zero-order valence-electron chi connectivity index (χ0n) is 14.7. The molecule has 2 aliphatic heterocycles. The molecule has 1 saturated heterocycles. The van der Waals surface area contributed by atoms with Crippen LogP contribution >= 0.6 is 11.6 Å². The molecule has 6 nitrogen and oxygen atoms in total. The average molecular weight is 429 g/mol. The third kappa shape index (κ3) is 3.31. The number of aromatic nitrogens is 3. The number of halogens is 5. The van der Waals surface area contributed by atoms with Gasteiger partial charge in [-0.05, 0) is 37.0 Å². The molecule has 2 atom stereocenters. The van der Waals surface area contributed by atoms with Gasteiger partial charge in [0.25, 0.3) is 0 Å². The van der Waals surface area contributed by atoms with E-state index in [0.29, 0.717) is 25.3 Å². The summed E-state index contributed by atoms with van der Waals surface area (Å²) in [5, 5.41) is 6.31. The van der Waals surface area contributed by atoms with E-state index in [4.69, 9.17) is 11.6 Å². The Kier molecular flexibility index (Phi) is 4.68. The summed E-state index contributed by atoms with van der Waals surface area (Å²) >= 11 is 5.89. The second-order valence-corrected chi connectivity index (χ2v) is 7.26. The van der Waals surface area contributed by atoms with Gasteiger partial charge in [-0.25, -0.2) is 9.07 Å². The molecular formula is C18H13ClF4N4O2. The van der Waals surface area contributed by atoms with E-state index in [9.17, 15) is 27.2 Å². The van der Waals surface area contributed by atoms with E-state index >= 15 is 0 Å². The van der Waals surface area contributed by atoms with Gasteiger partial charge in [-0.1, -0.05) is 16.8 Å². The number of amides is 1. The molecule has 1 fully saturated rings. The zero-order chi connectivity index (χ0) is 20.9. The number of nitrogens with zero attached hydrogens (tertiary/aromatic N) is 4. The molecule has 11 heteroatoms. The van der Waals surface area contributed by atoms with Gasteiger partial charge in [-0.3, -0.25) is 4.79 Å². The van der Waals surface area contributed by atoms with Crippen LogP contribution in [0.3, 0.4) is 0 Å². The normalized spacial score (nSPS) is 21.9. The third-order valence-corrected chi connectivity index (χ3v) is 5.43. The summed E-state index contributed by atoms with van der Waals surface area (Å²) in [7, 11) is 0. The summed E-state index contributed by atoms with van der Waals surface area (Å²) < 4.78 is 54.4. The van der Waals surface area contributed by atoms with E-state index < -0.39 is 29.6 Å². The molecule has 1 aromatic heterocycles. The summed E-state index contributed by atoms with van der Waals surface area (Å²) in [5.74, 6) is -1.32. The first-order valence-electron chi connectivity index (χ1n) is 8.67. The average Bonchev–Trinajstić information content (AvgIpc) is 3.30. The highest BCUT2D eigenvalue weighted by Gasteiger charge is 2.40. The standard InChI is InChI=1S/C18H13ClF4N4O2/c19-12-3-4-13(26-7-14(24-25-26)18(21,22)23)16(17(12)20)9-5-10-1-2-11(8-28)27(10)15(29)6-9/h3-4,6-8,10-11H,1-2,5H2/t10?,11-/m1/s1. The highest BCUT2D eigenvalue weighted by Crippen LogP contribution is 2.39. The van der Waals surface area contributed by atoms with Crippen molar-refractivity contribution in [1.82, 2.24) is 19.9 Å². The lowest BCUT2D eigenvalue weighted by molar-refractivity contribution is -0.141. The molecule has 1 unspecified atom stereocenters. The Bertz CT molecular complexity index is 1030. The Hall–Kier alpha value is -2.75. The number of carbonyl (C=O) groups is 2. The second-order valence-electron chi connectivity index (χ2n) is 6.86. The summed E-state index contributed by atoms with van der Waals surface area (Å²) in [4.78, 5) is 25.2. The van der Waals surface area contributed by atoms with Crippen molar-refractivity contribution in [2.45, 2.75) is 37.5 Å². The van der Waals surface area contributed by atoms with Gasteiger partial charge in [-0.15, -0.1) is 5.10 Å². The van der Waals surface area contributed by atoms with Gasteiger partial charge in [0.05, 0.1) is 22.9 Å². The SMILES string of the molecule is O=C[C@H]1CCC2CC(c3c(-n4cc(C(F)(F)F)nn4)ccc(Cl)c3F)=CC(=O)N21. The lowest BCUT2D eigenvalue weighted by Gasteiger charge is -2.32. The van der Waals surface area contributed by atoms with Crippen molar-refractivity contribution in [1.29, 1.82) is 0 Å². The number of hydrogen-bond donors (Lipinski definition) is 0. The van der Waals surface area contributed by atoms with E-state index in [1.54, 1.807) is 0 Å². The Morgan fingerprint density at radius 3 is 2.66 bits per heavy atom. The molecule has 152 valence electrons. The van der Waals surface area contributed by atoms with Gasteiger partial charge in [0, 0.05) is 17.7 Å². The van der Waals surface area contributed by atoms with Crippen LogP contribution in [0.15, 0.2) is 24.4 Å². The lowest BCUT2D eigenvalue weighted by atomic mass is 9.92. The number of benzene rings is 1. The number of alkyl halides is 3. The molecule has 1 amide bonds. The molecule has 0 saturated carbocycles. The van der Waals surface area contributed by atoms with Crippen LogP contribution < -0.4 is 0 Å². The predicted octanol–water partition coefficient (Wildman–Crippen LogP) is 3.42. The van der Waals surface area contributed by atoms with Crippen molar-refractivity contribution in [3.8, 4) is 5.69 Å². The van der Waals surface area contributed by atoms with Crippen molar-refractivity contribution in [2.75, 3.05) is 0 Å². The van der Waals surface area contributed by atoms with Crippen LogP contribution in [0.4, 0.5) is 17.6 Å². The number of aldehydes is 1. The summed E-state index contributed by atoms with van der Waals surface area (Å²) in [6.45, 7) is 0. The number of rotatable bonds is 3. The van der Waals surface area contributed by atoms with Gasteiger partial charge in [0.2, 0.25) is 5.91 Å². The fourth-order valence-corrected chi connectivity index (χ4v) is 4.01. The van der Waals surface area contributed by atoms with E-state index in [1.807, 2.05) is 0 Å². The zero-order valence-corrected chi connectivity index (χ0v) is 15.4. The van der Waals surface area contributed by atoms with Gasteiger partial charge >= 0.3 is 6.18 Å². The molecule has 0 spiro atoms. The minimum Gasteiger partial charge on any atom is -0.326 e. The molecule has 2 aromatic rings. The largest absolute Gasteiger partial charge is 0.436 e. The van der Waals surface area contributed by atoms with Crippen molar-refractivity contribution in [3.05, 3.63) is 46.5 Å². The topological polar surface area (TPSA) is 68.1 Å². The maximum Gasteiger partial charge on any atom is 0.436 e. The molecule has 29 heavy (non-hydrogen) atoms. The Labute approximate surface area is 166 Å².